The zero-order valence-electron chi connectivity index (χ0n) is 13.0. The van der Waals surface area contributed by atoms with Crippen LogP contribution in [-0.2, 0) is 0 Å². The molecule has 3 rings (SSSR count). The Labute approximate surface area is 139 Å². The first-order chi connectivity index (χ1) is 11.2. The molecule has 0 saturated heterocycles. The Balaban J connectivity index is 2.02. The number of aryl methyl sites for hydroxylation is 1. The second-order valence-electron chi connectivity index (χ2n) is 5.08. The van der Waals surface area contributed by atoms with E-state index in [0.29, 0.717) is 15.7 Å². The van der Waals surface area contributed by atoms with Crippen LogP contribution in [-0.4, -0.2) is 17.9 Å². The topological polar surface area (TPSA) is 54.0 Å². The molecule has 2 aromatic carbocycles. The molecule has 0 saturated carbocycles. The van der Waals surface area contributed by atoms with Crippen molar-refractivity contribution in [2.45, 2.75) is 6.92 Å². The van der Waals surface area contributed by atoms with Gasteiger partial charge in [0.1, 0.15) is 4.88 Å². The maximum Gasteiger partial charge on any atom is 0.263 e. The molecule has 116 valence electrons. The Kier molecular flexibility index (Phi) is 4.39. The number of nitrogens with one attached hydrogen (secondary N) is 2. The Morgan fingerprint density at radius 1 is 1.04 bits per heavy atom. The summed E-state index contributed by atoms with van der Waals surface area (Å²) in [6.07, 6.45) is 0. The summed E-state index contributed by atoms with van der Waals surface area (Å²) >= 11 is 1.36. The van der Waals surface area contributed by atoms with Gasteiger partial charge in [-0.3, -0.25) is 4.79 Å². The molecule has 0 aliphatic rings. The quantitative estimate of drug-likeness (QED) is 0.756. The fraction of sp³-hybridized carbons (Fsp3) is 0.111. The van der Waals surface area contributed by atoms with E-state index >= 15 is 0 Å². The van der Waals surface area contributed by atoms with Gasteiger partial charge >= 0.3 is 0 Å². The van der Waals surface area contributed by atoms with E-state index in [1.165, 1.54) is 11.3 Å². The summed E-state index contributed by atoms with van der Waals surface area (Å²) in [5.74, 6) is -0.126. The van der Waals surface area contributed by atoms with E-state index in [-0.39, 0.29) is 5.91 Å². The van der Waals surface area contributed by atoms with Gasteiger partial charge in [-0.2, -0.15) is 0 Å². The van der Waals surface area contributed by atoms with Crippen molar-refractivity contribution in [1.29, 1.82) is 0 Å². The Hall–Kier alpha value is -2.66. The van der Waals surface area contributed by atoms with Crippen molar-refractivity contribution in [1.82, 2.24) is 10.3 Å². The lowest BCUT2D eigenvalue weighted by atomic mass is 10.1. The molecule has 0 bridgehead atoms. The molecule has 0 unspecified atom stereocenters. The van der Waals surface area contributed by atoms with Crippen molar-refractivity contribution in [2.75, 3.05) is 12.4 Å². The number of aromatic nitrogens is 1. The standard InChI is InChI=1S/C18H17N3OS/c1-12-8-6-7-11-14(12)20-18-21-15(13-9-4-3-5-10-13)16(23-18)17(22)19-2/h3-11H,1-2H3,(H,19,22)(H,20,21). The minimum Gasteiger partial charge on any atom is -0.354 e. The number of hydrogen-bond acceptors (Lipinski definition) is 4. The first kappa shape index (κ1) is 15.2. The summed E-state index contributed by atoms with van der Waals surface area (Å²) in [5, 5.41) is 6.70. The zero-order chi connectivity index (χ0) is 16.2. The first-order valence-electron chi connectivity index (χ1n) is 7.30. The molecule has 0 atom stereocenters. The Morgan fingerprint density at radius 3 is 2.43 bits per heavy atom. The number of hydrogen-bond donors (Lipinski definition) is 2. The highest BCUT2D eigenvalue weighted by molar-refractivity contribution is 7.18. The van der Waals surface area contributed by atoms with E-state index in [9.17, 15) is 4.79 Å². The average molecular weight is 323 g/mol. The van der Waals surface area contributed by atoms with Crippen LogP contribution in [0.3, 0.4) is 0 Å². The van der Waals surface area contributed by atoms with Crippen LogP contribution in [0, 0.1) is 6.92 Å². The summed E-state index contributed by atoms with van der Waals surface area (Å²) in [6, 6.07) is 17.7. The highest BCUT2D eigenvalue weighted by Crippen LogP contribution is 2.33. The van der Waals surface area contributed by atoms with Gasteiger partial charge in [-0.1, -0.05) is 59.9 Å². The van der Waals surface area contributed by atoms with Gasteiger partial charge in [-0.15, -0.1) is 0 Å². The molecular weight excluding hydrogens is 306 g/mol. The molecular formula is C18H17N3OS. The molecule has 4 nitrogen and oxygen atoms in total. The fourth-order valence-corrected chi connectivity index (χ4v) is 3.21. The number of amides is 1. The minimum absolute atomic E-state index is 0.126. The highest BCUT2D eigenvalue weighted by atomic mass is 32.1. The Bertz CT molecular complexity index is 827. The van der Waals surface area contributed by atoms with E-state index in [1.54, 1.807) is 7.05 Å². The van der Waals surface area contributed by atoms with Crippen LogP contribution in [0.25, 0.3) is 11.3 Å². The molecule has 2 N–H and O–H groups in total. The maximum absolute atomic E-state index is 12.2. The van der Waals surface area contributed by atoms with Gasteiger partial charge in [0.25, 0.3) is 5.91 Å². The van der Waals surface area contributed by atoms with Crippen LogP contribution >= 0.6 is 11.3 Å². The Morgan fingerprint density at radius 2 is 1.74 bits per heavy atom. The van der Waals surface area contributed by atoms with Gasteiger partial charge in [0.2, 0.25) is 0 Å². The van der Waals surface area contributed by atoms with Crippen LogP contribution in [0.15, 0.2) is 54.6 Å². The molecule has 0 aliphatic heterocycles. The van der Waals surface area contributed by atoms with E-state index in [4.69, 9.17) is 0 Å². The third-order valence-electron chi connectivity index (χ3n) is 3.49. The van der Waals surface area contributed by atoms with Crippen LogP contribution in [0.2, 0.25) is 0 Å². The minimum atomic E-state index is -0.126. The SMILES string of the molecule is CNC(=O)c1sc(Nc2ccccc2C)nc1-c1ccccc1. The third-order valence-corrected chi connectivity index (χ3v) is 4.46. The lowest BCUT2D eigenvalue weighted by Crippen LogP contribution is -2.17. The third kappa shape index (κ3) is 3.24. The number of para-hydroxylation sites is 1. The number of anilines is 2. The van der Waals surface area contributed by atoms with Crippen molar-refractivity contribution >= 4 is 28.1 Å². The summed E-state index contributed by atoms with van der Waals surface area (Å²) in [4.78, 5) is 17.4. The van der Waals surface area contributed by atoms with E-state index < -0.39 is 0 Å². The monoisotopic (exact) mass is 323 g/mol. The van der Waals surface area contributed by atoms with Crippen molar-refractivity contribution in [3.05, 3.63) is 65.0 Å². The first-order valence-corrected chi connectivity index (χ1v) is 8.11. The van der Waals surface area contributed by atoms with Crippen molar-refractivity contribution in [3.63, 3.8) is 0 Å². The van der Waals surface area contributed by atoms with Crippen LogP contribution in [0.5, 0.6) is 0 Å². The maximum atomic E-state index is 12.2. The lowest BCUT2D eigenvalue weighted by molar-refractivity contribution is 0.0967. The molecule has 0 aliphatic carbocycles. The van der Waals surface area contributed by atoms with Gasteiger partial charge in [-0.25, -0.2) is 4.98 Å². The number of carbonyl (C=O) groups is 1. The zero-order valence-corrected chi connectivity index (χ0v) is 13.8. The second-order valence-corrected chi connectivity index (χ2v) is 6.08. The summed E-state index contributed by atoms with van der Waals surface area (Å²) < 4.78 is 0. The fourth-order valence-electron chi connectivity index (χ4n) is 2.26. The van der Waals surface area contributed by atoms with Crippen LogP contribution < -0.4 is 10.6 Å². The van der Waals surface area contributed by atoms with Gasteiger partial charge in [0.15, 0.2) is 5.13 Å². The normalized spacial score (nSPS) is 10.3. The smallest absolute Gasteiger partial charge is 0.263 e. The van der Waals surface area contributed by atoms with E-state index in [1.807, 2.05) is 61.5 Å². The summed E-state index contributed by atoms with van der Waals surface area (Å²) in [7, 11) is 1.63. The molecule has 0 spiro atoms. The predicted octanol–water partition coefficient (Wildman–Crippen LogP) is 4.22. The molecule has 23 heavy (non-hydrogen) atoms. The molecule has 0 radical (unpaired) electrons. The summed E-state index contributed by atoms with van der Waals surface area (Å²) in [5.41, 5.74) is 3.75. The van der Waals surface area contributed by atoms with Gasteiger partial charge in [0.05, 0.1) is 5.69 Å². The second kappa shape index (κ2) is 6.62. The van der Waals surface area contributed by atoms with Crippen molar-refractivity contribution < 1.29 is 4.79 Å². The van der Waals surface area contributed by atoms with Gasteiger partial charge < -0.3 is 10.6 Å². The van der Waals surface area contributed by atoms with Crippen LogP contribution in [0.1, 0.15) is 15.2 Å². The van der Waals surface area contributed by atoms with Crippen LogP contribution in [0.4, 0.5) is 10.8 Å². The number of nitrogens with zero attached hydrogens (tertiary/aromatic N) is 1. The lowest BCUT2D eigenvalue weighted by Gasteiger charge is -2.05. The summed E-state index contributed by atoms with van der Waals surface area (Å²) in [6.45, 7) is 2.04. The molecule has 3 aromatic rings. The van der Waals surface area contributed by atoms with Gasteiger partial charge in [0, 0.05) is 18.3 Å². The van der Waals surface area contributed by atoms with E-state index in [0.717, 1.165) is 16.8 Å². The molecule has 5 heteroatoms. The predicted molar refractivity (Wildman–Crippen MR) is 95.4 cm³/mol. The van der Waals surface area contributed by atoms with E-state index in [2.05, 4.69) is 15.6 Å². The van der Waals surface area contributed by atoms with Gasteiger partial charge in [-0.05, 0) is 18.6 Å². The highest BCUT2D eigenvalue weighted by Gasteiger charge is 2.18. The molecule has 0 fully saturated rings. The molecule has 1 amide bonds. The number of benzene rings is 2. The van der Waals surface area contributed by atoms with Crippen molar-refractivity contribution in [2.24, 2.45) is 0 Å². The molecule has 1 aromatic heterocycles. The largest absolute Gasteiger partial charge is 0.354 e. The number of thiazole rings is 1. The average Bonchev–Trinajstić information content (AvgIpc) is 3.01. The number of carbonyl (C=O) groups excluding carboxylic acids is 1. The molecule has 1 heterocycles. The number of rotatable bonds is 4. The van der Waals surface area contributed by atoms with Crippen molar-refractivity contribution in [3.8, 4) is 11.3 Å².